The molecule has 1 fully saturated rings. The first-order valence-corrected chi connectivity index (χ1v) is 6.25. The van der Waals surface area contributed by atoms with E-state index in [2.05, 4.69) is 9.89 Å². The second kappa shape index (κ2) is 6.16. The molecule has 0 spiro atoms. The third-order valence-corrected chi connectivity index (χ3v) is 3.42. The van der Waals surface area contributed by atoms with Crippen molar-refractivity contribution in [3.05, 3.63) is 24.3 Å². The van der Waals surface area contributed by atoms with Gasteiger partial charge in [0.2, 0.25) is 6.08 Å². The number of esters is 1. The first-order valence-electron chi connectivity index (χ1n) is 6.25. The zero-order valence-electron chi connectivity index (χ0n) is 10.8. The third kappa shape index (κ3) is 3.20. The summed E-state index contributed by atoms with van der Waals surface area (Å²) in [5, 5.41) is 0. The van der Waals surface area contributed by atoms with Crippen molar-refractivity contribution >= 4 is 23.4 Å². The number of nitrogens with zero attached hydrogens (tertiary/aromatic N) is 2. The van der Waals surface area contributed by atoms with Gasteiger partial charge in [0.25, 0.3) is 0 Å². The SMILES string of the molecule is COC(=O)C1CCN(c2ccc(N=C=O)cc2)CC1. The fourth-order valence-corrected chi connectivity index (χ4v) is 2.33. The summed E-state index contributed by atoms with van der Waals surface area (Å²) in [6.07, 6.45) is 3.13. The Bertz CT molecular complexity index is 484. The molecule has 0 aromatic heterocycles. The molecule has 0 atom stereocenters. The van der Waals surface area contributed by atoms with E-state index in [1.165, 1.54) is 13.2 Å². The van der Waals surface area contributed by atoms with Crippen LogP contribution < -0.4 is 4.90 Å². The minimum atomic E-state index is -0.115. The van der Waals surface area contributed by atoms with E-state index < -0.39 is 0 Å². The maximum absolute atomic E-state index is 11.4. The summed E-state index contributed by atoms with van der Waals surface area (Å²) in [6.45, 7) is 1.66. The van der Waals surface area contributed by atoms with E-state index in [0.717, 1.165) is 31.6 Å². The number of rotatable bonds is 3. The lowest BCUT2D eigenvalue weighted by Gasteiger charge is -2.32. The molecule has 1 aliphatic rings. The molecular formula is C14H16N2O3. The zero-order valence-corrected chi connectivity index (χ0v) is 10.8. The van der Waals surface area contributed by atoms with Crippen LogP contribution in [0.4, 0.5) is 11.4 Å². The molecule has 0 N–H and O–H groups in total. The number of carbonyl (C=O) groups is 1. The van der Waals surface area contributed by atoms with Gasteiger partial charge in [0, 0.05) is 18.8 Å². The Morgan fingerprint density at radius 2 is 1.95 bits per heavy atom. The normalized spacial score (nSPS) is 15.7. The summed E-state index contributed by atoms with van der Waals surface area (Å²) in [7, 11) is 1.43. The summed E-state index contributed by atoms with van der Waals surface area (Å²) in [4.78, 5) is 27.4. The van der Waals surface area contributed by atoms with Crippen LogP contribution in [0.3, 0.4) is 0 Å². The first kappa shape index (κ1) is 13.3. The van der Waals surface area contributed by atoms with Gasteiger partial charge in [-0.15, -0.1) is 0 Å². The van der Waals surface area contributed by atoms with E-state index in [0.29, 0.717) is 5.69 Å². The van der Waals surface area contributed by atoms with Crippen LogP contribution in [-0.4, -0.2) is 32.2 Å². The Balaban J connectivity index is 1.97. The number of hydrogen-bond donors (Lipinski definition) is 0. The molecule has 1 aliphatic heterocycles. The predicted octanol–water partition coefficient (Wildman–Crippen LogP) is 2.04. The third-order valence-electron chi connectivity index (χ3n) is 3.42. The smallest absolute Gasteiger partial charge is 0.308 e. The lowest BCUT2D eigenvalue weighted by molar-refractivity contribution is -0.146. The number of methoxy groups -OCH3 is 1. The number of ether oxygens (including phenoxy) is 1. The van der Waals surface area contributed by atoms with E-state index in [1.54, 1.807) is 12.1 Å². The predicted molar refractivity (Wildman–Crippen MR) is 71.2 cm³/mol. The molecule has 1 heterocycles. The largest absolute Gasteiger partial charge is 0.469 e. The molecule has 100 valence electrons. The van der Waals surface area contributed by atoms with Crippen LogP contribution in [0, 0.1) is 5.92 Å². The number of carbonyl (C=O) groups excluding carboxylic acids is 2. The molecule has 0 saturated carbocycles. The molecule has 0 unspecified atom stereocenters. The average Bonchev–Trinajstić information content (AvgIpc) is 2.48. The van der Waals surface area contributed by atoms with E-state index in [1.807, 2.05) is 12.1 Å². The van der Waals surface area contributed by atoms with Crippen LogP contribution in [0.25, 0.3) is 0 Å². The molecule has 0 bridgehead atoms. The molecule has 0 radical (unpaired) electrons. The van der Waals surface area contributed by atoms with Crippen molar-refractivity contribution in [3.8, 4) is 0 Å². The van der Waals surface area contributed by atoms with Gasteiger partial charge in [-0.25, -0.2) is 4.79 Å². The molecule has 2 rings (SSSR count). The van der Waals surface area contributed by atoms with Gasteiger partial charge in [-0.3, -0.25) is 4.79 Å². The van der Waals surface area contributed by atoms with E-state index >= 15 is 0 Å². The van der Waals surface area contributed by atoms with Gasteiger partial charge in [-0.05, 0) is 37.1 Å². The zero-order chi connectivity index (χ0) is 13.7. The molecule has 5 nitrogen and oxygen atoms in total. The molecule has 1 aromatic carbocycles. The van der Waals surface area contributed by atoms with Crippen molar-refractivity contribution in [3.63, 3.8) is 0 Å². The number of benzene rings is 1. The maximum Gasteiger partial charge on any atom is 0.308 e. The lowest BCUT2D eigenvalue weighted by Crippen LogP contribution is -2.36. The van der Waals surface area contributed by atoms with E-state index in [-0.39, 0.29) is 11.9 Å². The van der Waals surface area contributed by atoms with Gasteiger partial charge < -0.3 is 9.64 Å². The van der Waals surface area contributed by atoms with Crippen LogP contribution in [0.5, 0.6) is 0 Å². The highest BCUT2D eigenvalue weighted by Crippen LogP contribution is 2.25. The Morgan fingerprint density at radius 3 is 2.47 bits per heavy atom. The van der Waals surface area contributed by atoms with Crippen molar-refractivity contribution in [1.82, 2.24) is 0 Å². The maximum atomic E-state index is 11.4. The van der Waals surface area contributed by atoms with Gasteiger partial charge in [0.05, 0.1) is 18.7 Å². The van der Waals surface area contributed by atoms with Crippen molar-refractivity contribution in [1.29, 1.82) is 0 Å². The molecule has 5 heteroatoms. The van der Waals surface area contributed by atoms with Crippen molar-refractivity contribution in [2.45, 2.75) is 12.8 Å². The number of anilines is 1. The van der Waals surface area contributed by atoms with Gasteiger partial charge in [0.1, 0.15) is 0 Å². The van der Waals surface area contributed by atoms with Gasteiger partial charge in [-0.1, -0.05) is 0 Å². The summed E-state index contributed by atoms with van der Waals surface area (Å²) >= 11 is 0. The Hall–Kier alpha value is -2.13. The lowest BCUT2D eigenvalue weighted by atomic mass is 9.96. The summed E-state index contributed by atoms with van der Waals surface area (Å²) in [6, 6.07) is 7.42. The van der Waals surface area contributed by atoms with Gasteiger partial charge >= 0.3 is 5.97 Å². The Morgan fingerprint density at radius 1 is 1.32 bits per heavy atom. The van der Waals surface area contributed by atoms with Gasteiger partial charge in [-0.2, -0.15) is 4.99 Å². The van der Waals surface area contributed by atoms with E-state index in [9.17, 15) is 9.59 Å². The fourth-order valence-electron chi connectivity index (χ4n) is 2.33. The van der Waals surface area contributed by atoms with E-state index in [4.69, 9.17) is 4.74 Å². The molecule has 1 saturated heterocycles. The first-order chi connectivity index (χ1) is 9.24. The quantitative estimate of drug-likeness (QED) is 0.474. The van der Waals surface area contributed by atoms with Crippen LogP contribution in [0.1, 0.15) is 12.8 Å². The number of aliphatic imine (C=N–C) groups is 1. The summed E-state index contributed by atoms with van der Waals surface area (Å²) in [5.74, 6) is -0.101. The highest BCUT2D eigenvalue weighted by molar-refractivity contribution is 5.72. The molecule has 19 heavy (non-hydrogen) atoms. The number of isocyanates is 1. The van der Waals surface area contributed by atoms with Crippen LogP contribution >= 0.6 is 0 Å². The number of piperidine rings is 1. The summed E-state index contributed by atoms with van der Waals surface area (Å²) in [5.41, 5.74) is 1.68. The van der Waals surface area contributed by atoms with Crippen molar-refractivity contribution in [2.24, 2.45) is 10.9 Å². The minimum Gasteiger partial charge on any atom is -0.469 e. The second-order valence-corrected chi connectivity index (χ2v) is 4.50. The Labute approximate surface area is 111 Å². The van der Waals surface area contributed by atoms with Crippen LogP contribution in [-0.2, 0) is 14.3 Å². The molecular weight excluding hydrogens is 244 g/mol. The molecule has 0 aliphatic carbocycles. The topological polar surface area (TPSA) is 59.0 Å². The van der Waals surface area contributed by atoms with Gasteiger partial charge in [0.15, 0.2) is 0 Å². The molecule has 0 amide bonds. The van der Waals surface area contributed by atoms with Crippen LogP contribution in [0.2, 0.25) is 0 Å². The monoisotopic (exact) mass is 260 g/mol. The summed E-state index contributed by atoms with van der Waals surface area (Å²) < 4.78 is 4.77. The highest BCUT2D eigenvalue weighted by Gasteiger charge is 2.25. The second-order valence-electron chi connectivity index (χ2n) is 4.50. The minimum absolute atomic E-state index is 0.0141. The average molecular weight is 260 g/mol. The molecule has 1 aromatic rings. The Kier molecular flexibility index (Phi) is 4.31. The fraction of sp³-hybridized carbons (Fsp3) is 0.429. The van der Waals surface area contributed by atoms with Crippen molar-refractivity contribution < 1.29 is 14.3 Å². The number of hydrogen-bond acceptors (Lipinski definition) is 5. The highest BCUT2D eigenvalue weighted by atomic mass is 16.5. The standard InChI is InChI=1S/C14H16N2O3/c1-19-14(18)11-6-8-16(9-7-11)13-4-2-12(3-5-13)15-10-17/h2-5,11H,6-9H2,1H3. The van der Waals surface area contributed by atoms with Crippen LogP contribution in [0.15, 0.2) is 29.3 Å². The van der Waals surface area contributed by atoms with Crippen molar-refractivity contribution in [2.75, 3.05) is 25.1 Å².